The van der Waals surface area contributed by atoms with Gasteiger partial charge in [0, 0.05) is 6.54 Å². The molecule has 0 aliphatic heterocycles. The van der Waals surface area contributed by atoms with E-state index in [9.17, 15) is 0 Å². The summed E-state index contributed by atoms with van der Waals surface area (Å²) in [5, 5.41) is 0. The van der Waals surface area contributed by atoms with Gasteiger partial charge in [0.05, 0.1) is 6.10 Å². The van der Waals surface area contributed by atoms with Crippen molar-refractivity contribution in [2.75, 3.05) is 20.1 Å². The molecule has 0 aromatic rings. The van der Waals surface area contributed by atoms with E-state index in [4.69, 9.17) is 19.3 Å². The Bertz CT molecular complexity index is 105. The molecule has 0 heterocycles. The maximum Gasteiger partial charge on any atom is 0.183 e. The Morgan fingerprint density at radius 2 is 1.79 bits per heavy atom. The third kappa shape index (κ3) is 11.8. The molecule has 0 spiro atoms. The van der Waals surface area contributed by atoms with Crippen LogP contribution in [-0.4, -0.2) is 26.2 Å². The van der Waals surface area contributed by atoms with E-state index < -0.39 is 0 Å². The zero-order chi connectivity index (χ0) is 10.8. The lowest BCUT2D eigenvalue weighted by molar-refractivity contribution is -0.363. The van der Waals surface area contributed by atoms with Gasteiger partial charge in [0.2, 0.25) is 0 Å². The third-order valence-corrected chi connectivity index (χ3v) is 1.13. The zero-order valence-electron chi connectivity index (χ0n) is 9.41. The van der Waals surface area contributed by atoms with Crippen LogP contribution in [0.5, 0.6) is 0 Å². The molecule has 0 saturated carbocycles. The van der Waals surface area contributed by atoms with Crippen LogP contribution in [-0.2, 0) is 19.3 Å². The van der Waals surface area contributed by atoms with Gasteiger partial charge in [-0.3, -0.25) is 4.84 Å². The molecule has 0 aliphatic rings. The van der Waals surface area contributed by atoms with E-state index in [0.717, 1.165) is 6.54 Å². The Labute approximate surface area is 85.5 Å². The Balaban J connectivity index is 2.92. The van der Waals surface area contributed by atoms with E-state index in [2.05, 4.69) is 19.3 Å². The minimum Gasteiger partial charge on any atom is -0.324 e. The number of rotatable bonds is 9. The fourth-order valence-electron chi connectivity index (χ4n) is 0.541. The largest absolute Gasteiger partial charge is 0.324 e. The summed E-state index contributed by atoms with van der Waals surface area (Å²) in [4.78, 5) is 14.4. The topological polar surface area (TPSA) is 49.0 Å². The van der Waals surface area contributed by atoms with Crippen molar-refractivity contribution in [1.82, 2.24) is 5.48 Å². The molecule has 14 heavy (non-hydrogen) atoms. The van der Waals surface area contributed by atoms with Crippen molar-refractivity contribution in [1.29, 1.82) is 0 Å². The van der Waals surface area contributed by atoms with Crippen LogP contribution in [0.15, 0.2) is 0 Å². The van der Waals surface area contributed by atoms with Crippen LogP contribution in [0.1, 0.15) is 27.7 Å². The lowest BCUT2D eigenvalue weighted by atomic mass is 10.2. The molecular formula is C9H21NO4. The molecule has 0 bridgehead atoms. The second-order valence-corrected chi connectivity index (χ2v) is 3.59. The molecule has 0 aliphatic carbocycles. The quantitative estimate of drug-likeness (QED) is 0.268. The standard InChI is InChI=1S/C9H21NO4/c1-8(2)5-10-12-6-11-7-13-14-9(3)4/h8-10H,5-7H2,1-4H3. The Hall–Kier alpha value is -0.200. The molecule has 0 aromatic carbocycles. The zero-order valence-corrected chi connectivity index (χ0v) is 9.41. The van der Waals surface area contributed by atoms with Gasteiger partial charge >= 0.3 is 0 Å². The van der Waals surface area contributed by atoms with Crippen LogP contribution < -0.4 is 5.48 Å². The number of hydrogen-bond donors (Lipinski definition) is 1. The summed E-state index contributed by atoms with van der Waals surface area (Å²) in [7, 11) is 0. The van der Waals surface area contributed by atoms with Crippen LogP contribution in [0.3, 0.4) is 0 Å². The molecule has 0 radical (unpaired) electrons. The predicted octanol–water partition coefficient (Wildman–Crippen LogP) is 1.45. The lowest BCUT2D eigenvalue weighted by Crippen LogP contribution is -2.22. The highest BCUT2D eigenvalue weighted by Gasteiger charge is 1.94. The number of hydroxylamine groups is 1. The summed E-state index contributed by atoms with van der Waals surface area (Å²) in [5.74, 6) is 0.551. The minimum absolute atomic E-state index is 0.0404. The van der Waals surface area contributed by atoms with Crippen LogP contribution in [0.4, 0.5) is 0 Å². The van der Waals surface area contributed by atoms with Gasteiger partial charge in [0.15, 0.2) is 13.6 Å². The van der Waals surface area contributed by atoms with Gasteiger partial charge in [-0.2, -0.15) is 5.48 Å². The van der Waals surface area contributed by atoms with Crippen molar-refractivity contribution in [3.63, 3.8) is 0 Å². The SMILES string of the molecule is CC(C)CNOCOCOOC(C)C. The van der Waals surface area contributed by atoms with Gasteiger partial charge in [0.25, 0.3) is 0 Å². The van der Waals surface area contributed by atoms with Crippen LogP contribution in [0.25, 0.3) is 0 Å². The van der Waals surface area contributed by atoms with Crippen LogP contribution in [0, 0.1) is 5.92 Å². The third-order valence-electron chi connectivity index (χ3n) is 1.13. The fraction of sp³-hybridized carbons (Fsp3) is 1.00. The molecule has 0 unspecified atom stereocenters. The fourth-order valence-corrected chi connectivity index (χ4v) is 0.541. The van der Waals surface area contributed by atoms with Crippen LogP contribution >= 0.6 is 0 Å². The highest BCUT2D eigenvalue weighted by Crippen LogP contribution is 1.90. The molecule has 0 saturated heterocycles. The summed E-state index contributed by atoms with van der Waals surface area (Å²) in [5.41, 5.74) is 2.76. The Morgan fingerprint density at radius 3 is 2.36 bits per heavy atom. The number of nitrogens with one attached hydrogen (secondary N) is 1. The first kappa shape index (κ1) is 13.8. The Kier molecular flexibility index (Phi) is 9.23. The molecule has 0 rings (SSSR count). The highest BCUT2D eigenvalue weighted by atomic mass is 17.2. The average Bonchev–Trinajstić information content (AvgIpc) is 2.08. The van der Waals surface area contributed by atoms with Gasteiger partial charge in [-0.15, -0.1) is 0 Å². The molecule has 5 heteroatoms. The van der Waals surface area contributed by atoms with Gasteiger partial charge in [-0.05, 0) is 19.8 Å². The average molecular weight is 207 g/mol. The van der Waals surface area contributed by atoms with E-state index in [1.807, 2.05) is 13.8 Å². The lowest BCUT2D eigenvalue weighted by Gasteiger charge is -2.09. The maximum absolute atomic E-state index is 4.94. The second kappa shape index (κ2) is 9.36. The summed E-state index contributed by atoms with van der Waals surface area (Å²) in [6.45, 7) is 8.96. The second-order valence-electron chi connectivity index (χ2n) is 3.59. The van der Waals surface area contributed by atoms with Gasteiger partial charge in [-0.25, -0.2) is 9.78 Å². The maximum atomic E-state index is 4.94. The van der Waals surface area contributed by atoms with Crippen LogP contribution in [0.2, 0.25) is 0 Å². The van der Waals surface area contributed by atoms with Crippen molar-refractivity contribution in [3.05, 3.63) is 0 Å². The van der Waals surface area contributed by atoms with E-state index in [1.54, 1.807) is 0 Å². The molecule has 0 aromatic heterocycles. The number of ether oxygens (including phenoxy) is 1. The smallest absolute Gasteiger partial charge is 0.183 e. The van der Waals surface area contributed by atoms with Crippen molar-refractivity contribution < 1.29 is 19.3 Å². The van der Waals surface area contributed by atoms with Gasteiger partial charge in [0.1, 0.15) is 0 Å². The minimum atomic E-state index is 0.0404. The normalized spacial score (nSPS) is 11.6. The van der Waals surface area contributed by atoms with E-state index >= 15 is 0 Å². The molecular weight excluding hydrogens is 186 g/mol. The van der Waals surface area contributed by atoms with Crippen molar-refractivity contribution in [2.24, 2.45) is 5.92 Å². The van der Waals surface area contributed by atoms with Gasteiger partial charge in [-0.1, -0.05) is 13.8 Å². The summed E-state index contributed by atoms with van der Waals surface area (Å²) in [6.07, 6.45) is 0.0404. The Morgan fingerprint density at radius 1 is 1.07 bits per heavy atom. The molecule has 0 atom stereocenters. The molecule has 1 N–H and O–H groups in total. The summed E-state index contributed by atoms with van der Waals surface area (Å²) in [6, 6.07) is 0. The van der Waals surface area contributed by atoms with Crippen molar-refractivity contribution >= 4 is 0 Å². The number of hydrogen-bond acceptors (Lipinski definition) is 5. The predicted molar refractivity (Wildman–Crippen MR) is 52.1 cm³/mol. The first-order chi connectivity index (χ1) is 6.63. The highest BCUT2D eigenvalue weighted by molar-refractivity contribution is 4.40. The summed E-state index contributed by atoms with van der Waals surface area (Å²) < 4.78 is 4.93. The van der Waals surface area contributed by atoms with Crippen molar-refractivity contribution in [2.45, 2.75) is 33.8 Å². The first-order valence-electron chi connectivity index (χ1n) is 4.83. The van der Waals surface area contributed by atoms with E-state index in [1.165, 1.54) is 0 Å². The van der Waals surface area contributed by atoms with E-state index in [0.29, 0.717) is 5.92 Å². The monoisotopic (exact) mass is 207 g/mol. The molecule has 5 nitrogen and oxygen atoms in total. The molecule has 0 amide bonds. The van der Waals surface area contributed by atoms with Crippen molar-refractivity contribution in [3.8, 4) is 0 Å². The molecule has 0 fully saturated rings. The summed E-state index contributed by atoms with van der Waals surface area (Å²) >= 11 is 0. The van der Waals surface area contributed by atoms with E-state index in [-0.39, 0.29) is 19.7 Å². The first-order valence-corrected chi connectivity index (χ1v) is 4.83. The molecule has 86 valence electrons. The van der Waals surface area contributed by atoms with Gasteiger partial charge < -0.3 is 4.74 Å².